The number of anilines is 1. The van der Waals surface area contributed by atoms with Gasteiger partial charge in [0.15, 0.2) is 0 Å². The number of imide groups is 1. The van der Waals surface area contributed by atoms with E-state index in [2.05, 4.69) is 5.16 Å². The van der Waals surface area contributed by atoms with Crippen LogP contribution >= 0.6 is 0 Å². The molecule has 2 aromatic rings. The number of nitrogens with zero attached hydrogens (tertiary/aromatic N) is 4. The molecule has 11 nitrogen and oxygen atoms in total. The topological polar surface area (TPSA) is 145 Å². The van der Waals surface area contributed by atoms with Crippen LogP contribution in [0.25, 0.3) is 0 Å². The summed E-state index contributed by atoms with van der Waals surface area (Å²) in [5.74, 6) is -2.47. The molecular formula is C17H10N4O7. The van der Waals surface area contributed by atoms with Crippen molar-refractivity contribution in [3.63, 3.8) is 0 Å². The highest BCUT2D eigenvalue weighted by Crippen LogP contribution is 2.36. The highest BCUT2D eigenvalue weighted by molar-refractivity contribution is 6.32. The average Bonchev–Trinajstić information content (AvgIpc) is 3.22. The molecule has 2 aliphatic rings. The van der Waals surface area contributed by atoms with Crippen molar-refractivity contribution in [3.05, 3.63) is 74.3 Å². The van der Waals surface area contributed by atoms with Crippen molar-refractivity contribution in [2.45, 2.75) is 6.10 Å². The van der Waals surface area contributed by atoms with E-state index in [0.29, 0.717) is 0 Å². The number of rotatable bonds is 4. The number of amides is 2. The fourth-order valence-corrected chi connectivity index (χ4v) is 3.19. The van der Waals surface area contributed by atoms with Gasteiger partial charge in [-0.3, -0.25) is 29.8 Å². The molecule has 0 unspecified atom stereocenters. The zero-order valence-corrected chi connectivity index (χ0v) is 13.9. The Hall–Kier alpha value is -4.15. The SMILES string of the molecule is O=C1[C@H]2C(c3cccc([N+](=O)[O-])c3)=NO[C@H]2C(=O)N1c1cccc([N+](=O)[O-])c1. The smallest absolute Gasteiger partial charge is 0.278 e. The summed E-state index contributed by atoms with van der Waals surface area (Å²) < 4.78 is 0. The van der Waals surface area contributed by atoms with Crippen LogP contribution in [0.15, 0.2) is 53.7 Å². The molecule has 0 bridgehead atoms. The Bertz CT molecular complexity index is 1080. The molecule has 0 aromatic heterocycles. The highest BCUT2D eigenvalue weighted by atomic mass is 16.7. The van der Waals surface area contributed by atoms with Crippen LogP contribution in [0.1, 0.15) is 5.56 Å². The number of oxime groups is 1. The van der Waals surface area contributed by atoms with E-state index >= 15 is 0 Å². The Balaban J connectivity index is 1.70. The first kappa shape index (κ1) is 17.3. The second kappa shape index (κ2) is 6.23. The van der Waals surface area contributed by atoms with Gasteiger partial charge in [-0.1, -0.05) is 23.4 Å². The molecular weight excluding hydrogens is 372 g/mol. The summed E-state index contributed by atoms with van der Waals surface area (Å²) in [5, 5.41) is 25.7. The lowest BCUT2D eigenvalue weighted by molar-refractivity contribution is -0.385. The summed E-state index contributed by atoms with van der Waals surface area (Å²) in [4.78, 5) is 52.3. The zero-order chi connectivity index (χ0) is 20.0. The molecule has 0 N–H and O–H groups in total. The van der Waals surface area contributed by atoms with Gasteiger partial charge < -0.3 is 4.84 Å². The molecule has 2 amide bonds. The summed E-state index contributed by atoms with van der Waals surface area (Å²) in [6, 6.07) is 10.6. The summed E-state index contributed by atoms with van der Waals surface area (Å²) in [7, 11) is 0. The first-order valence-electron chi connectivity index (χ1n) is 7.99. The molecule has 2 aliphatic heterocycles. The van der Waals surface area contributed by atoms with Gasteiger partial charge >= 0.3 is 0 Å². The van der Waals surface area contributed by atoms with Crippen molar-refractivity contribution >= 4 is 34.6 Å². The van der Waals surface area contributed by atoms with E-state index in [1.54, 1.807) is 0 Å². The molecule has 140 valence electrons. The van der Waals surface area contributed by atoms with E-state index in [1.807, 2.05) is 0 Å². The van der Waals surface area contributed by atoms with Crippen molar-refractivity contribution in [1.29, 1.82) is 0 Å². The molecule has 0 saturated carbocycles. The molecule has 4 rings (SSSR count). The molecule has 1 saturated heterocycles. The van der Waals surface area contributed by atoms with Gasteiger partial charge in [0.25, 0.3) is 17.3 Å². The maximum atomic E-state index is 12.9. The largest absolute Gasteiger partial charge is 0.381 e. The van der Waals surface area contributed by atoms with Gasteiger partial charge in [-0.05, 0) is 6.07 Å². The Morgan fingerprint density at radius 3 is 2.25 bits per heavy atom. The number of benzene rings is 2. The number of carbonyl (C=O) groups excluding carboxylic acids is 2. The molecule has 2 heterocycles. The third-order valence-electron chi connectivity index (χ3n) is 4.46. The molecule has 11 heteroatoms. The number of fused-ring (bicyclic) bond motifs is 1. The summed E-state index contributed by atoms with van der Waals surface area (Å²) in [6.07, 6.45) is -1.22. The molecule has 28 heavy (non-hydrogen) atoms. The third-order valence-corrected chi connectivity index (χ3v) is 4.46. The van der Waals surface area contributed by atoms with Gasteiger partial charge in [0.1, 0.15) is 11.6 Å². The Morgan fingerprint density at radius 2 is 1.57 bits per heavy atom. The van der Waals surface area contributed by atoms with Gasteiger partial charge in [0.05, 0.1) is 15.5 Å². The van der Waals surface area contributed by atoms with E-state index in [-0.39, 0.29) is 28.3 Å². The Morgan fingerprint density at radius 1 is 0.929 bits per heavy atom. The van der Waals surface area contributed by atoms with Crippen molar-refractivity contribution in [3.8, 4) is 0 Å². The first-order chi connectivity index (χ1) is 13.4. The maximum Gasteiger partial charge on any atom is 0.278 e. The van der Waals surface area contributed by atoms with E-state index in [0.717, 1.165) is 11.0 Å². The van der Waals surface area contributed by atoms with Crippen LogP contribution in [0, 0.1) is 26.1 Å². The summed E-state index contributed by atoms with van der Waals surface area (Å²) in [5.41, 5.74) is -0.0519. The molecule has 0 radical (unpaired) electrons. The minimum atomic E-state index is -1.22. The number of hydrogen-bond donors (Lipinski definition) is 0. The zero-order valence-electron chi connectivity index (χ0n) is 13.9. The highest BCUT2D eigenvalue weighted by Gasteiger charge is 2.56. The van der Waals surface area contributed by atoms with Gasteiger partial charge in [-0.15, -0.1) is 0 Å². The fourth-order valence-electron chi connectivity index (χ4n) is 3.19. The van der Waals surface area contributed by atoms with Crippen LogP contribution in [0.2, 0.25) is 0 Å². The minimum Gasteiger partial charge on any atom is -0.381 e. The van der Waals surface area contributed by atoms with E-state index in [4.69, 9.17) is 4.84 Å². The van der Waals surface area contributed by atoms with Crippen LogP contribution < -0.4 is 4.90 Å². The van der Waals surface area contributed by atoms with Crippen LogP contribution in [-0.2, 0) is 14.4 Å². The standard InChI is InChI=1S/C17H10N4O7/c22-16-13-14(9-3-1-5-11(7-9)20(24)25)18-28-15(13)17(23)19(16)10-4-2-6-12(8-10)21(26)27/h1-8,13,15H/t13-,15+/m0/s1. The van der Waals surface area contributed by atoms with Gasteiger partial charge in [-0.25, -0.2) is 4.90 Å². The summed E-state index contributed by atoms with van der Waals surface area (Å²) in [6.45, 7) is 0. The Kier molecular flexibility index (Phi) is 3.84. The van der Waals surface area contributed by atoms with E-state index < -0.39 is 33.7 Å². The quantitative estimate of drug-likeness (QED) is 0.445. The monoisotopic (exact) mass is 382 g/mol. The van der Waals surface area contributed by atoms with Crippen LogP contribution in [0.3, 0.4) is 0 Å². The van der Waals surface area contributed by atoms with Crippen molar-refractivity contribution in [1.82, 2.24) is 0 Å². The van der Waals surface area contributed by atoms with E-state index in [1.165, 1.54) is 42.5 Å². The normalized spacial score (nSPS) is 20.6. The first-order valence-corrected chi connectivity index (χ1v) is 7.99. The van der Waals surface area contributed by atoms with Crippen molar-refractivity contribution in [2.75, 3.05) is 4.90 Å². The van der Waals surface area contributed by atoms with Gasteiger partial charge in [0.2, 0.25) is 12.0 Å². The van der Waals surface area contributed by atoms with E-state index in [9.17, 15) is 29.8 Å². The van der Waals surface area contributed by atoms with Crippen LogP contribution in [0.4, 0.5) is 17.1 Å². The third kappa shape index (κ3) is 2.57. The predicted molar refractivity (Wildman–Crippen MR) is 93.6 cm³/mol. The number of hydrogen-bond acceptors (Lipinski definition) is 8. The van der Waals surface area contributed by atoms with Gasteiger partial charge in [-0.2, -0.15) is 0 Å². The molecule has 0 aliphatic carbocycles. The van der Waals surface area contributed by atoms with Gasteiger partial charge in [0, 0.05) is 29.8 Å². The number of nitro groups is 2. The van der Waals surface area contributed by atoms with Crippen LogP contribution in [0.5, 0.6) is 0 Å². The maximum absolute atomic E-state index is 12.9. The Labute approximate surface area is 156 Å². The lowest BCUT2D eigenvalue weighted by Gasteiger charge is -2.15. The predicted octanol–water partition coefficient (Wildman–Crippen LogP) is 1.80. The second-order valence-corrected chi connectivity index (χ2v) is 6.08. The molecule has 2 atom stereocenters. The number of nitro benzene ring substituents is 2. The number of carbonyl (C=O) groups is 2. The molecule has 1 fully saturated rings. The van der Waals surface area contributed by atoms with Crippen LogP contribution in [-0.4, -0.2) is 33.5 Å². The lowest BCUT2D eigenvalue weighted by atomic mass is 9.94. The second-order valence-electron chi connectivity index (χ2n) is 6.08. The number of non-ortho nitro benzene ring substituents is 2. The summed E-state index contributed by atoms with van der Waals surface area (Å²) >= 11 is 0. The minimum absolute atomic E-state index is 0.0422. The molecule has 2 aromatic carbocycles. The van der Waals surface area contributed by atoms with Crippen molar-refractivity contribution < 1.29 is 24.3 Å². The van der Waals surface area contributed by atoms with Crippen molar-refractivity contribution in [2.24, 2.45) is 11.1 Å². The molecule has 0 spiro atoms. The fraction of sp³-hybridized carbons (Fsp3) is 0.118. The average molecular weight is 382 g/mol. The lowest BCUT2D eigenvalue weighted by Crippen LogP contribution is -2.33.